The van der Waals surface area contributed by atoms with E-state index in [1.54, 1.807) is 0 Å². The summed E-state index contributed by atoms with van der Waals surface area (Å²) >= 11 is 0. The van der Waals surface area contributed by atoms with Crippen molar-refractivity contribution in [1.82, 2.24) is 19.7 Å². The molecular formula is C22H31N7O. The van der Waals surface area contributed by atoms with Gasteiger partial charge in [0, 0.05) is 50.7 Å². The normalized spacial score (nSPS) is 14.3. The fourth-order valence-corrected chi connectivity index (χ4v) is 3.99. The maximum absolute atomic E-state index is 5.43. The average molecular weight is 410 g/mol. The number of aryl methyl sites for hydroxylation is 2. The highest BCUT2D eigenvalue weighted by Crippen LogP contribution is 2.26. The molecule has 0 spiro atoms. The van der Waals surface area contributed by atoms with Crippen molar-refractivity contribution in [3.63, 3.8) is 0 Å². The van der Waals surface area contributed by atoms with Gasteiger partial charge in [-0.1, -0.05) is 0 Å². The third-order valence-electron chi connectivity index (χ3n) is 5.70. The number of anilines is 3. The second-order valence-corrected chi connectivity index (χ2v) is 7.58. The standard InChI is InChI=1S/C22H31N7O/c1-5-28(6-2)21-17(13-19-16(3)26-27(4)22(19)25-21)14-23-20-8-7-18(15-24-20)29-9-11-30-12-10-29/h7-8,13,15H,5-6,9-12,14H2,1-4H3,(H,23,24). The molecule has 0 atom stereocenters. The first-order chi connectivity index (χ1) is 14.6. The maximum Gasteiger partial charge on any atom is 0.160 e. The number of ether oxygens (including phenoxy) is 1. The molecule has 3 aromatic heterocycles. The molecule has 4 rings (SSSR count). The highest BCUT2D eigenvalue weighted by molar-refractivity contribution is 5.81. The topological polar surface area (TPSA) is 71.3 Å². The van der Waals surface area contributed by atoms with Crippen LogP contribution in [0.2, 0.25) is 0 Å². The summed E-state index contributed by atoms with van der Waals surface area (Å²) in [5.41, 5.74) is 4.22. The van der Waals surface area contributed by atoms with Crippen LogP contribution in [0.5, 0.6) is 0 Å². The molecule has 0 aliphatic carbocycles. The Bertz CT molecular complexity index is 989. The Labute approximate surface area is 177 Å². The lowest BCUT2D eigenvalue weighted by Gasteiger charge is -2.28. The summed E-state index contributed by atoms with van der Waals surface area (Å²) in [5, 5.41) is 9.12. The third-order valence-corrected chi connectivity index (χ3v) is 5.70. The Balaban J connectivity index is 1.56. The summed E-state index contributed by atoms with van der Waals surface area (Å²) in [6, 6.07) is 6.38. The SMILES string of the molecule is CCN(CC)c1nc2c(cc1CNc1ccc(N3CCOCC3)cn1)c(C)nn2C. The van der Waals surface area contributed by atoms with E-state index in [-0.39, 0.29) is 0 Å². The molecule has 8 heteroatoms. The first-order valence-electron chi connectivity index (χ1n) is 10.7. The van der Waals surface area contributed by atoms with Gasteiger partial charge in [0.05, 0.1) is 30.8 Å². The van der Waals surface area contributed by atoms with Crippen molar-refractivity contribution in [2.24, 2.45) is 7.05 Å². The molecule has 0 radical (unpaired) electrons. The quantitative estimate of drug-likeness (QED) is 0.643. The van der Waals surface area contributed by atoms with Crippen molar-refractivity contribution < 1.29 is 4.74 Å². The molecule has 1 aliphatic rings. The van der Waals surface area contributed by atoms with Gasteiger partial charge in [0.25, 0.3) is 0 Å². The first-order valence-corrected chi connectivity index (χ1v) is 10.7. The van der Waals surface area contributed by atoms with Crippen molar-refractivity contribution in [2.75, 3.05) is 54.5 Å². The molecule has 4 heterocycles. The number of nitrogens with one attached hydrogen (secondary N) is 1. The zero-order valence-electron chi connectivity index (χ0n) is 18.4. The fourth-order valence-electron chi connectivity index (χ4n) is 3.99. The predicted octanol–water partition coefficient (Wildman–Crippen LogP) is 2.97. The van der Waals surface area contributed by atoms with Crippen LogP contribution >= 0.6 is 0 Å². The van der Waals surface area contributed by atoms with Crippen LogP contribution in [0.25, 0.3) is 11.0 Å². The number of fused-ring (bicyclic) bond motifs is 1. The van der Waals surface area contributed by atoms with E-state index in [4.69, 9.17) is 9.72 Å². The summed E-state index contributed by atoms with van der Waals surface area (Å²) < 4.78 is 7.29. The lowest BCUT2D eigenvalue weighted by atomic mass is 10.1. The minimum atomic E-state index is 0.660. The summed E-state index contributed by atoms with van der Waals surface area (Å²) in [4.78, 5) is 14.2. The highest BCUT2D eigenvalue weighted by Gasteiger charge is 2.16. The lowest BCUT2D eigenvalue weighted by molar-refractivity contribution is 0.122. The number of aromatic nitrogens is 4. The fraction of sp³-hybridized carbons (Fsp3) is 0.500. The van der Waals surface area contributed by atoms with E-state index >= 15 is 0 Å². The van der Waals surface area contributed by atoms with Gasteiger partial charge in [0.15, 0.2) is 5.65 Å². The van der Waals surface area contributed by atoms with Crippen LogP contribution in [-0.2, 0) is 18.3 Å². The van der Waals surface area contributed by atoms with Crippen molar-refractivity contribution >= 4 is 28.4 Å². The summed E-state index contributed by atoms with van der Waals surface area (Å²) in [5.74, 6) is 1.87. The zero-order chi connectivity index (χ0) is 21.1. The molecule has 1 N–H and O–H groups in total. The Hall–Kier alpha value is -2.87. The van der Waals surface area contributed by atoms with Crippen LogP contribution in [0.3, 0.4) is 0 Å². The monoisotopic (exact) mass is 409 g/mol. The minimum absolute atomic E-state index is 0.660. The van der Waals surface area contributed by atoms with Crippen molar-refractivity contribution in [3.8, 4) is 0 Å². The Morgan fingerprint density at radius 1 is 1.17 bits per heavy atom. The molecule has 0 bridgehead atoms. The number of pyridine rings is 2. The van der Waals surface area contributed by atoms with E-state index in [0.717, 1.165) is 79.0 Å². The Morgan fingerprint density at radius 2 is 1.93 bits per heavy atom. The summed E-state index contributed by atoms with van der Waals surface area (Å²) in [6.07, 6.45) is 1.94. The third kappa shape index (κ3) is 4.05. The van der Waals surface area contributed by atoms with Gasteiger partial charge in [-0.15, -0.1) is 0 Å². The smallest absolute Gasteiger partial charge is 0.160 e. The van der Waals surface area contributed by atoms with Crippen LogP contribution in [0.15, 0.2) is 24.4 Å². The summed E-state index contributed by atoms with van der Waals surface area (Å²) in [7, 11) is 1.95. The van der Waals surface area contributed by atoms with E-state index in [9.17, 15) is 0 Å². The number of morpholine rings is 1. The van der Waals surface area contributed by atoms with Crippen molar-refractivity contribution in [3.05, 3.63) is 35.7 Å². The predicted molar refractivity (Wildman–Crippen MR) is 121 cm³/mol. The van der Waals surface area contributed by atoms with Crippen LogP contribution in [-0.4, -0.2) is 59.1 Å². The van der Waals surface area contributed by atoms with E-state index in [1.165, 1.54) is 0 Å². The van der Waals surface area contributed by atoms with Crippen LogP contribution in [0.1, 0.15) is 25.1 Å². The van der Waals surface area contributed by atoms with Crippen LogP contribution < -0.4 is 15.1 Å². The molecule has 1 saturated heterocycles. The highest BCUT2D eigenvalue weighted by atomic mass is 16.5. The number of rotatable bonds is 7. The lowest BCUT2D eigenvalue weighted by Crippen LogP contribution is -2.36. The Morgan fingerprint density at radius 3 is 2.60 bits per heavy atom. The molecule has 0 amide bonds. The van der Waals surface area contributed by atoms with Gasteiger partial charge in [-0.3, -0.25) is 4.68 Å². The molecule has 3 aromatic rings. The van der Waals surface area contributed by atoms with Gasteiger partial charge >= 0.3 is 0 Å². The van der Waals surface area contributed by atoms with E-state index in [2.05, 4.69) is 51.2 Å². The van der Waals surface area contributed by atoms with Gasteiger partial charge in [0.2, 0.25) is 0 Å². The zero-order valence-corrected chi connectivity index (χ0v) is 18.4. The van der Waals surface area contributed by atoms with Gasteiger partial charge in [-0.2, -0.15) is 5.10 Å². The Kier molecular flexibility index (Phi) is 6.03. The summed E-state index contributed by atoms with van der Waals surface area (Å²) in [6.45, 7) is 12.2. The van der Waals surface area contributed by atoms with Crippen LogP contribution in [0, 0.1) is 6.92 Å². The first kappa shape index (κ1) is 20.4. The number of hydrogen-bond donors (Lipinski definition) is 1. The molecular weight excluding hydrogens is 378 g/mol. The number of hydrogen-bond acceptors (Lipinski definition) is 7. The number of nitrogens with zero attached hydrogens (tertiary/aromatic N) is 6. The van der Waals surface area contributed by atoms with Gasteiger partial charge in [0.1, 0.15) is 11.6 Å². The van der Waals surface area contributed by atoms with Gasteiger partial charge in [-0.25, -0.2) is 9.97 Å². The van der Waals surface area contributed by atoms with Crippen LogP contribution in [0.4, 0.5) is 17.3 Å². The molecule has 0 unspecified atom stereocenters. The molecule has 1 fully saturated rings. The second-order valence-electron chi connectivity index (χ2n) is 7.58. The molecule has 8 nitrogen and oxygen atoms in total. The van der Waals surface area contributed by atoms with E-state index < -0.39 is 0 Å². The molecule has 0 aromatic carbocycles. The van der Waals surface area contributed by atoms with E-state index in [0.29, 0.717) is 6.54 Å². The van der Waals surface area contributed by atoms with Gasteiger partial charge < -0.3 is 19.9 Å². The van der Waals surface area contributed by atoms with E-state index in [1.807, 2.05) is 30.9 Å². The molecule has 1 aliphatic heterocycles. The second kappa shape index (κ2) is 8.87. The minimum Gasteiger partial charge on any atom is -0.378 e. The van der Waals surface area contributed by atoms with Gasteiger partial charge in [-0.05, 0) is 39.0 Å². The van der Waals surface area contributed by atoms with Crippen molar-refractivity contribution in [1.29, 1.82) is 0 Å². The maximum atomic E-state index is 5.43. The molecule has 160 valence electrons. The average Bonchev–Trinajstić information content (AvgIpc) is 3.06. The largest absolute Gasteiger partial charge is 0.378 e. The molecule has 0 saturated carbocycles. The molecule has 30 heavy (non-hydrogen) atoms. The van der Waals surface area contributed by atoms with Crippen molar-refractivity contribution in [2.45, 2.75) is 27.3 Å².